The summed E-state index contributed by atoms with van der Waals surface area (Å²) < 4.78 is 2.29. The highest BCUT2D eigenvalue weighted by Crippen LogP contribution is 2.42. The molecular weight excluding hydrogens is 258 g/mol. The molecule has 1 aromatic carbocycles. The van der Waals surface area contributed by atoms with Crippen LogP contribution < -0.4 is 5.73 Å². The van der Waals surface area contributed by atoms with Gasteiger partial charge in [-0.05, 0) is 43.6 Å². The van der Waals surface area contributed by atoms with E-state index in [1.807, 2.05) is 0 Å². The first-order valence-corrected chi connectivity index (χ1v) is 8.24. The number of hydrogen-bond donors (Lipinski definition) is 1. The lowest BCUT2D eigenvalue weighted by molar-refractivity contribution is 0.676. The zero-order valence-corrected chi connectivity index (χ0v) is 12.7. The van der Waals surface area contributed by atoms with Gasteiger partial charge in [-0.1, -0.05) is 31.2 Å². The molecule has 0 radical (unpaired) electrons. The van der Waals surface area contributed by atoms with Gasteiger partial charge in [0.25, 0.3) is 0 Å². The summed E-state index contributed by atoms with van der Waals surface area (Å²) >= 11 is 0. The summed E-state index contributed by atoms with van der Waals surface area (Å²) in [5.41, 5.74) is 10.0. The Kier molecular flexibility index (Phi) is 3.02. The topological polar surface area (TPSA) is 43.8 Å². The molecule has 2 aliphatic carbocycles. The Hall–Kier alpha value is -1.77. The number of aromatic nitrogens is 2. The van der Waals surface area contributed by atoms with Gasteiger partial charge < -0.3 is 10.3 Å². The Morgan fingerprint density at radius 3 is 2.43 bits per heavy atom. The Morgan fingerprint density at radius 1 is 1.14 bits per heavy atom. The number of imidazole rings is 1. The number of benzene rings is 1. The van der Waals surface area contributed by atoms with Crippen molar-refractivity contribution in [3.63, 3.8) is 0 Å². The number of anilines is 1. The number of aryl methyl sites for hydroxylation is 1. The van der Waals surface area contributed by atoms with Crippen LogP contribution in [0, 0.1) is 0 Å². The van der Waals surface area contributed by atoms with Crippen molar-refractivity contribution in [1.82, 2.24) is 9.55 Å². The minimum atomic E-state index is 0.596. The fourth-order valence-electron chi connectivity index (χ4n) is 3.18. The third-order valence-corrected chi connectivity index (χ3v) is 4.64. The number of nitrogens with zero attached hydrogens (tertiary/aromatic N) is 2. The highest BCUT2D eigenvalue weighted by atomic mass is 15.2. The number of nitrogens with two attached hydrogens (primary N) is 1. The molecule has 0 saturated heterocycles. The Bertz CT molecular complexity index is 646. The molecule has 21 heavy (non-hydrogen) atoms. The van der Waals surface area contributed by atoms with Gasteiger partial charge in [-0.3, -0.25) is 0 Å². The molecule has 0 amide bonds. The van der Waals surface area contributed by atoms with Crippen molar-refractivity contribution in [2.75, 3.05) is 5.73 Å². The Balaban J connectivity index is 1.71. The molecule has 110 valence electrons. The summed E-state index contributed by atoms with van der Waals surface area (Å²) in [4.78, 5) is 4.86. The summed E-state index contributed by atoms with van der Waals surface area (Å²) in [5.74, 6) is 2.83. The van der Waals surface area contributed by atoms with Crippen molar-refractivity contribution >= 4 is 5.82 Å². The number of rotatable bonds is 5. The quantitative estimate of drug-likeness (QED) is 0.888. The van der Waals surface area contributed by atoms with E-state index in [2.05, 4.69) is 35.8 Å². The molecule has 2 N–H and O–H groups in total. The van der Waals surface area contributed by atoms with Crippen LogP contribution in [0.1, 0.15) is 62.4 Å². The van der Waals surface area contributed by atoms with Crippen LogP contribution in [-0.2, 0) is 6.42 Å². The van der Waals surface area contributed by atoms with Gasteiger partial charge in [-0.25, -0.2) is 4.98 Å². The maximum atomic E-state index is 6.42. The summed E-state index contributed by atoms with van der Waals surface area (Å²) in [6, 6.07) is 9.49. The molecule has 1 heterocycles. The van der Waals surface area contributed by atoms with Gasteiger partial charge in [0.05, 0.1) is 0 Å². The van der Waals surface area contributed by atoms with E-state index in [1.54, 1.807) is 0 Å². The van der Waals surface area contributed by atoms with Crippen molar-refractivity contribution in [3.05, 3.63) is 35.7 Å². The molecule has 3 nitrogen and oxygen atoms in total. The van der Waals surface area contributed by atoms with Crippen molar-refractivity contribution < 1.29 is 0 Å². The van der Waals surface area contributed by atoms with E-state index in [0.717, 1.165) is 35.8 Å². The van der Waals surface area contributed by atoms with Crippen LogP contribution in [0.4, 0.5) is 5.82 Å². The largest absolute Gasteiger partial charge is 0.383 e. The summed E-state index contributed by atoms with van der Waals surface area (Å²) in [7, 11) is 0. The normalized spacial score (nSPS) is 18.1. The molecule has 2 aliphatic rings. The Labute approximate surface area is 126 Å². The second-order valence-electron chi connectivity index (χ2n) is 6.51. The number of hydrogen-bond acceptors (Lipinski definition) is 2. The first kappa shape index (κ1) is 12.9. The average molecular weight is 281 g/mol. The van der Waals surface area contributed by atoms with Crippen LogP contribution in [0.3, 0.4) is 0 Å². The van der Waals surface area contributed by atoms with E-state index >= 15 is 0 Å². The molecule has 4 rings (SSSR count). The monoisotopic (exact) mass is 281 g/mol. The van der Waals surface area contributed by atoms with Gasteiger partial charge >= 0.3 is 0 Å². The van der Waals surface area contributed by atoms with Crippen LogP contribution in [0.25, 0.3) is 11.3 Å². The molecule has 0 spiro atoms. The molecule has 0 atom stereocenters. The fraction of sp³-hybridized carbons (Fsp3) is 0.500. The minimum absolute atomic E-state index is 0.596. The van der Waals surface area contributed by atoms with E-state index < -0.39 is 0 Å². The molecule has 2 saturated carbocycles. The standard InChI is InChI=1S/C18H23N3/c1-2-3-16-20-17(18(19)21(16)15-10-11-15)14-8-6-13(7-9-14)12-4-5-12/h6-9,12,15H,2-5,10-11,19H2,1H3. The van der Waals surface area contributed by atoms with Gasteiger partial charge in [0, 0.05) is 18.0 Å². The molecule has 0 bridgehead atoms. The molecule has 1 aromatic heterocycles. The van der Waals surface area contributed by atoms with Crippen molar-refractivity contribution in [3.8, 4) is 11.3 Å². The maximum Gasteiger partial charge on any atom is 0.131 e. The van der Waals surface area contributed by atoms with Gasteiger partial charge in [-0.15, -0.1) is 0 Å². The molecule has 0 aliphatic heterocycles. The first-order chi connectivity index (χ1) is 10.3. The summed E-state index contributed by atoms with van der Waals surface area (Å²) in [6.07, 6.45) is 7.32. The fourth-order valence-corrected chi connectivity index (χ4v) is 3.18. The SMILES string of the molecule is CCCc1nc(-c2ccc(C3CC3)cc2)c(N)n1C1CC1. The average Bonchev–Trinajstić information content (AvgIpc) is 3.38. The van der Waals surface area contributed by atoms with Gasteiger partial charge in [-0.2, -0.15) is 0 Å². The predicted molar refractivity (Wildman–Crippen MR) is 86.3 cm³/mol. The van der Waals surface area contributed by atoms with E-state index in [0.29, 0.717) is 6.04 Å². The third kappa shape index (κ3) is 2.35. The second kappa shape index (κ2) is 4.90. The molecule has 2 aromatic rings. The van der Waals surface area contributed by atoms with E-state index in [-0.39, 0.29) is 0 Å². The van der Waals surface area contributed by atoms with Crippen LogP contribution in [0.5, 0.6) is 0 Å². The molecular formula is C18H23N3. The predicted octanol–water partition coefficient (Wildman–Crippen LogP) is 4.30. The van der Waals surface area contributed by atoms with E-state index in [9.17, 15) is 0 Å². The Morgan fingerprint density at radius 2 is 1.86 bits per heavy atom. The van der Waals surface area contributed by atoms with Crippen LogP contribution in [-0.4, -0.2) is 9.55 Å². The zero-order valence-electron chi connectivity index (χ0n) is 12.7. The molecule has 2 fully saturated rings. The number of nitrogen functional groups attached to an aromatic ring is 1. The van der Waals surface area contributed by atoms with Crippen LogP contribution >= 0.6 is 0 Å². The lowest BCUT2D eigenvalue weighted by Crippen LogP contribution is -2.05. The highest BCUT2D eigenvalue weighted by molar-refractivity contribution is 5.71. The highest BCUT2D eigenvalue weighted by Gasteiger charge is 2.30. The smallest absolute Gasteiger partial charge is 0.131 e. The van der Waals surface area contributed by atoms with Crippen LogP contribution in [0.2, 0.25) is 0 Å². The van der Waals surface area contributed by atoms with Crippen LogP contribution in [0.15, 0.2) is 24.3 Å². The van der Waals surface area contributed by atoms with Gasteiger partial charge in [0.2, 0.25) is 0 Å². The molecule has 3 heteroatoms. The van der Waals surface area contributed by atoms with Crippen molar-refractivity contribution in [2.24, 2.45) is 0 Å². The van der Waals surface area contributed by atoms with Gasteiger partial charge in [0.1, 0.15) is 17.3 Å². The van der Waals surface area contributed by atoms with Crippen molar-refractivity contribution in [2.45, 2.75) is 57.4 Å². The first-order valence-electron chi connectivity index (χ1n) is 8.24. The maximum absolute atomic E-state index is 6.42. The zero-order chi connectivity index (χ0) is 14.4. The van der Waals surface area contributed by atoms with Gasteiger partial charge in [0.15, 0.2) is 0 Å². The summed E-state index contributed by atoms with van der Waals surface area (Å²) in [5, 5.41) is 0. The van der Waals surface area contributed by atoms with Crippen molar-refractivity contribution in [1.29, 1.82) is 0 Å². The minimum Gasteiger partial charge on any atom is -0.383 e. The van der Waals surface area contributed by atoms with E-state index in [1.165, 1.54) is 37.1 Å². The summed E-state index contributed by atoms with van der Waals surface area (Å²) in [6.45, 7) is 2.20. The van der Waals surface area contributed by atoms with E-state index in [4.69, 9.17) is 10.7 Å². The third-order valence-electron chi connectivity index (χ3n) is 4.64. The lowest BCUT2D eigenvalue weighted by atomic mass is 10.1. The molecule has 0 unspecified atom stereocenters. The second-order valence-corrected chi connectivity index (χ2v) is 6.51. The lowest BCUT2D eigenvalue weighted by Gasteiger charge is -2.07.